The normalized spacial score (nSPS) is 10.9. The monoisotopic (exact) mass is 417 g/mol. The van der Waals surface area contributed by atoms with Crippen molar-refractivity contribution in [3.8, 4) is 5.75 Å². The molecule has 0 unspecified atom stereocenters. The highest BCUT2D eigenvalue weighted by Crippen LogP contribution is 2.24. The fourth-order valence-corrected chi connectivity index (χ4v) is 3.42. The van der Waals surface area contributed by atoms with Crippen LogP contribution in [0, 0.1) is 6.92 Å². The summed E-state index contributed by atoms with van der Waals surface area (Å²) in [6.45, 7) is 6.91. The molecule has 0 saturated heterocycles. The summed E-state index contributed by atoms with van der Waals surface area (Å²) in [6, 6.07) is 14.6. The molecule has 0 spiro atoms. The fourth-order valence-electron chi connectivity index (χ4n) is 3.01. The van der Waals surface area contributed by atoms with Gasteiger partial charge < -0.3 is 10.1 Å². The van der Waals surface area contributed by atoms with Crippen molar-refractivity contribution in [1.82, 2.24) is 5.32 Å². The molecule has 0 heterocycles. The highest BCUT2D eigenvalue weighted by atomic mass is 79.9. The van der Waals surface area contributed by atoms with Gasteiger partial charge in [0, 0.05) is 16.6 Å². The molecule has 0 saturated carbocycles. The molecule has 0 amide bonds. The zero-order chi connectivity index (χ0) is 18.6. The molecule has 0 aliphatic carbocycles. The fraction of sp³-hybridized carbons (Fsp3) is 0.478. The molecule has 0 fully saturated rings. The molecule has 2 aromatic carbocycles. The maximum Gasteiger partial charge on any atom is 0.124 e. The van der Waals surface area contributed by atoms with E-state index >= 15 is 0 Å². The van der Waals surface area contributed by atoms with E-state index in [-0.39, 0.29) is 0 Å². The number of benzene rings is 2. The lowest BCUT2D eigenvalue weighted by Gasteiger charge is -2.14. The third-order valence-corrected chi connectivity index (χ3v) is 5.18. The summed E-state index contributed by atoms with van der Waals surface area (Å²) in [4.78, 5) is 0. The maximum atomic E-state index is 6.12. The SMILES string of the molecule is CCCCCCCCNCc1cc(Br)ccc1OCc1ccccc1C. The second-order valence-electron chi connectivity index (χ2n) is 6.91. The van der Waals surface area contributed by atoms with Crippen LogP contribution in [-0.2, 0) is 13.2 Å². The van der Waals surface area contributed by atoms with Crippen LogP contribution in [0.25, 0.3) is 0 Å². The summed E-state index contributed by atoms with van der Waals surface area (Å²) in [5, 5.41) is 3.57. The quantitative estimate of drug-likeness (QED) is 0.383. The van der Waals surface area contributed by atoms with Crippen molar-refractivity contribution in [1.29, 1.82) is 0 Å². The van der Waals surface area contributed by atoms with Gasteiger partial charge >= 0.3 is 0 Å². The lowest BCUT2D eigenvalue weighted by Crippen LogP contribution is -2.15. The van der Waals surface area contributed by atoms with Crippen molar-refractivity contribution in [2.45, 2.75) is 65.5 Å². The van der Waals surface area contributed by atoms with Crippen molar-refractivity contribution >= 4 is 15.9 Å². The van der Waals surface area contributed by atoms with Crippen molar-refractivity contribution in [2.24, 2.45) is 0 Å². The van der Waals surface area contributed by atoms with Crippen molar-refractivity contribution in [3.63, 3.8) is 0 Å². The van der Waals surface area contributed by atoms with Gasteiger partial charge in [0.05, 0.1) is 0 Å². The van der Waals surface area contributed by atoms with Crippen LogP contribution >= 0.6 is 15.9 Å². The average Bonchev–Trinajstić information content (AvgIpc) is 2.64. The first-order valence-corrected chi connectivity index (χ1v) is 10.7. The molecule has 2 rings (SSSR count). The number of nitrogens with one attached hydrogen (secondary N) is 1. The van der Waals surface area contributed by atoms with E-state index in [9.17, 15) is 0 Å². The van der Waals surface area contributed by atoms with Gasteiger partial charge in [-0.25, -0.2) is 0 Å². The van der Waals surface area contributed by atoms with E-state index in [4.69, 9.17) is 4.74 Å². The molecule has 0 aromatic heterocycles. The highest BCUT2D eigenvalue weighted by Gasteiger charge is 2.06. The van der Waals surface area contributed by atoms with Gasteiger partial charge in [-0.2, -0.15) is 0 Å². The molecule has 1 N–H and O–H groups in total. The third kappa shape index (κ3) is 7.51. The third-order valence-electron chi connectivity index (χ3n) is 4.69. The molecule has 0 aliphatic heterocycles. The number of aryl methyl sites for hydroxylation is 1. The lowest BCUT2D eigenvalue weighted by atomic mass is 10.1. The number of halogens is 1. The highest BCUT2D eigenvalue weighted by molar-refractivity contribution is 9.10. The molecule has 26 heavy (non-hydrogen) atoms. The molecule has 3 heteroatoms. The van der Waals surface area contributed by atoms with E-state index in [1.807, 2.05) is 6.07 Å². The van der Waals surface area contributed by atoms with E-state index < -0.39 is 0 Å². The molecule has 142 valence electrons. The van der Waals surface area contributed by atoms with Crippen LogP contribution in [0.1, 0.15) is 62.1 Å². The Balaban J connectivity index is 1.80. The number of hydrogen-bond acceptors (Lipinski definition) is 2. The Morgan fingerprint density at radius 2 is 1.69 bits per heavy atom. The van der Waals surface area contributed by atoms with E-state index in [1.165, 1.54) is 55.2 Å². The van der Waals surface area contributed by atoms with Crippen LogP contribution in [-0.4, -0.2) is 6.54 Å². The van der Waals surface area contributed by atoms with E-state index in [2.05, 4.69) is 71.5 Å². The maximum absolute atomic E-state index is 6.12. The zero-order valence-corrected chi connectivity index (χ0v) is 17.8. The van der Waals surface area contributed by atoms with Crippen LogP contribution in [0.5, 0.6) is 5.75 Å². The van der Waals surface area contributed by atoms with Crippen molar-refractivity contribution in [3.05, 3.63) is 63.6 Å². The van der Waals surface area contributed by atoms with Crippen molar-refractivity contribution in [2.75, 3.05) is 6.54 Å². The summed E-state index contributed by atoms with van der Waals surface area (Å²) in [6.07, 6.45) is 7.98. The largest absolute Gasteiger partial charge is 0.489 e. The van der Waals surface area contributed by atoms with Crippen LogP contribution in [0.15, 0.2) is 46.9 Å². The molecule has 0 radical (unpaired) electrons. The molecule has 2 nitrogen and oxygen atoms in total. The van der Waals surface area contributed by atoms with Gasteiger partial charge in [-0.3, -0.25) is 0 Å². The van der Waals surface area contributed by atoms with E-state index in [0.29, 0.717) is 6.61 Å². The predicted molar refractivity (Wildman–Crippen MR) is 115 cm³/mol. The van der Waals surface area contributed by atoms with Crippen LogP contribution in [0.3, 0.4) is 0 Å². The van der Waals surface area contributed by atoms with Gasteiger partial charge in [0.15, 0.2) is 0 Å². The van der Waals surface area contributed by atoms with Crippen molar-refractivity contribution < 1.29 is 4.74 Å². The van der Waals surface area contributed by atoms with E-state index in [0.717, 1.165) is 23.3 Å². The Morgan fingerprint density at radius 1 is 0.923 bits per heavy atom. The molecule has 0 aliphatic rings. The van der Waals surface area contributed by atoms with Gasteiger partial charge in [-0.05, 0) is 49.2 Å². The summed E-state index contributed by atoms with van der Waals surface area (Å²) in [5.74, 6) is 0.965. The Hall–Kier alpha value is -1.32. The van der Waals surface area contributed by atoms with E-state index in [1.54, 1.807) is 0 Å². The van der Waals surface area contributed by atoms with Gasteiger partial charge in [-0.1, -0.05) is 79.2 Å². The number of ether oxygens (including phenoxy) is 1. The summed E-state index contributed by atoms with van der Waals surface area (Å²) < 4.78 is 7.22. The summed E-state index contributed by atoms with van der Waals surface area (Å²) >= 11 is 3.58. The van der Waals surface area contributed by atoms with Gasteiger partial charge in [0.2, 0.25) is 0 Å². The molecular weight excluding hydrogens is 386 g/mol. The Kier molecular flexibility index (Phi) is 9.80. The first-order chi connectivity index (χ1) is 12.7. The lowest BCUT2D eigenvalue weighted by molar-refractivity contribution is 0.301. The average molecular weight is 418 g/mol. The molecule has 2 aromatic rings. The molecular formula is C23H32BrNO. The summed E-state index contributed by atoms with van der Waals surface area (Å²) in [7, 11) is 0. The topological polar surface area (TPSA) is 21.3 Å². The van der Waals surface area contributed by atoms with Crippen LogP contribution < -0.4 is 10.1 Å². The van der Waals surface area contributed by atoms with Crippen LogP contribution in [0.2, 0.25) is 0 Å². The second kappa shape index (κ2) is 12.1. The Labute approximate surface area is 167 Å². The molecule has 0 bridgehead atoms. The number of rotatable bonds is 12. The standard InChI is InChI=1S/C23H32BrNO/c1-3-4-5-6-7-10-15-25-17-21-16-22(24)13-14-23(21)26-18-20-12-9-8-11-19(20)2/h8-9,11-14,16,25H,3-7,10,15,17-18H2,1-2H3. The zero-order valence-electron chi connectivity index (χ0n) is 16.2. The smallest absolute Gasteiger partial charge is 0.124 e. The van der Waals surface area contributed by atoms with Gasteiger partial charge in [0.1, 0.15) is 12.4 Å². The number of hydrogen-bond donors (Lipinski definition) is 1. The summed E-state index contributed by atoms with van der Waals surface area (Å²) in [5.41, 5.74) is 3.72. The second-order valence-corrected chi connectivity index (χ2v) is 7.83. The first-order valence-electron chi connectivity index (χ1n) is 9.87. The van der Waals surface area contributed by atoms with Gasteiger partial charge in [-0.15, -0.1) is 0 Å². The minimum absolute atomic E-state index is 0.610. The molecule has 0 atom stereocenters. The minimum Gasteiger partial charge on any atom is -0.489 e. The van der Waals surface area contributed by atoms with Crippen LogP contribution in [0.4, 0.5) is 0 Å². The number of unbranched alkanes of at least 4 members (excludes halogenated alkanes) is 5. The minimum atomic E-state index is 0.610. The first kappa shape index (κ1) is 21.0. The Morgan fingerprint density at radius 3 is 2.50 bits per heavy atom. The predicted octanol–water partition coefficient (Wildman–Crippen LogP) is 6.79. The Bertz CT molecular complexity index is 656. The van der Waals surface area contributed by atoms with Gasteiger partial charge in [0.25, 0.3) is 0 Å².